The molecule has 1 aliphatic heterocycles. The number of carbonyl (C=O) groups excluding carboxylic acids is 1. The van der Waals surface area contributed by atoms with Crippen molar-refractivity contribution in [1.29, 1.82) is 0 Å². The minimum atomic E-state index is 0.754. The molecule has 0 spiro atoms. The number of rotatable bonds is 8. The Bertz CT molecular complexity index is 408. The third-order valence-electron chi connectivity index (χ3n) is 4.34. The summed E-state index contributed by atoms with van der Waals surface area (Å²) in [7, 11) is 0. The second kappa shape index (κ2) is 8.83. The van der Waals surface area contributed by atoms with E-state index in [1.54, 1.807) is 0 Å². The number of aldehydes is 1. The van der Waals surface area contributed by atoms with Gasteiger partial charge in [-0.15, -0.1) is 0 Å². The van der Waals surface area contributed by atoms with Gasteiger partial charge in [-0.05, 0) is 37.2 Å². The first-order valence-electron chi connectivity index (χ1n) is 8.36. The van der Waals surface area contributed by atoms with Crippen LogP contribution in [0.2, 0.25) is 0 Å². The summed E-state index contributed by atoms with van der Waals surface area (Å²) in [5.74, 6) is 0. The van der Waals surface area contributed by atoms with Crippen LogP contribution in [0, 0.1) is 0 Å². The highest BCUT2D eigenvalue weighted by molar-refractivity contribution is 5.75. The standard InChI is InChI=1S/C18H28N2O/c1-2-3-4-5-6-11-19-12-14-20(15-13-19)18-9-7-17(16-21)8-10-18/h7-10,16H,2-6,11-15H2,1H3. The zero-order valence-electron chi connectivity index (χ0n) is 13.3. The predicted octanol–water partition coefficient (Wildman–Crippen LogP) is 3.59. The highest BCUT2D eigenvalue weighted by Gasteiger charge is 2.16. The maximum Gasteiger partial charge on any atom is 0.150 e. The summed E-state index contributed by atoms with van der Waals surface area (Å²) in [5, 5.41) is 0. The van der Waals surface area contributed by atoms with Gasteiger partial charge in [-0.25, -0.2) is 0 Å². The lowest BCUT2D eigenvalue weighted by Crippen LogP contribution is -2.46. The molecule has 3 nitrogen and oxygen atoms in total. The number of piperazine rings is 1. The van der Waals surface area contributed by atoms with Crippen LogP contribution in [0.15, 0.2) is 24.3 Å². The van der Waals surface area contributed by atoms with Crippen LogP contribution in [-0.4, -0.2) is 43.9 Å². The van der Waals surface area contributed by atoms with Crippen molar-refractivity contribution in [3.05, 3.63) is 29.8 Å². The number of nitrogens with zero attached hydrogens (tertiary/aromatic N) is 2. The van der Waals surface area contributed by atoms with Crippen LogP contribution in [0.4, 0.5) is 5.69 Å². The Balaban J connectivity index is 1.68. The van der Waals surface area contributed by atoms with E-state index in [4.69, 9.17) is 0 Å². The van der Waals surface area contributed by atoms with Gasteiger partial charge < -0.3 is 4.90 Å². The van der Waals surface area contributed by atoms with E-state index in [9.17, 15) is 4.79 Å². The minimum absolute atomic E-state index is 0.754. The fourth-order valence-corrected chi connectivity index (χ4v) is 2.93. The number of carbonyl (C=O) groups is 1. The van der Waals surface area contributed by atoms with Gasteiger partial charge in [-0.3, -0.25) is 9.69 Å². The molecule has 0 aliphatic carbocycles. The lowest BCUT2D eigenvalue weighted by molar-refractivity contribution is 0.112. The van der Waals surface area contributed by atoms with Crippen LogP contribution in [0.25, 0.3) is 0 Å². The molecule has 0 radical (unpaired) electrons. The second-order valence-corrected chi connectivity index (χ2v) is 5.95. The molecular weight excluding hydrogens is 260 g/mol. The molecule has 0 saturated carbocycles. The molecule has 0 unspecified atom stereocenters. The van der Waals surface area contributed by atoms with Crippen molar-refractivity contribution < 1.29 is 4.79 Å². The Morgan fingerprint density at radius 1 is 0.952 bits per heavy atom. The van der Waals surface area contributed by atoms with Gasteiger partial charge in [0.15, 0.2) is 0 Å². The van der Waals surface area contributed by atoms with Gasteiger partial charge in [-0.2, -0.15) is 0 Å². The number of hydrogen-bond donors (Lipinski definition) is 0. The molecule has 1 fully saturated rings. The molecule has 1 saturated heterocycles. The average molecular weight is 288 g/mol. The Hall–Kier alpha value is -1.35. The van der Waals surface area contributed by atoms with Gasteiger partial charge in [0.25, 0.3) is 0 Å². The van der Waals surface area contributed by atoms with Crippen LogP contribution >= 0.6 is 0 Å². The molecule has 0 amide bonds. The SMILES string of the molecule is CCCCCCCN1CCN(c2ccc(C=O)cc2)CC1. The molecular formula is C18H28N2O. The van der Waals surface area contributed by atoms with Crippen molar-refractivity contribution in [3.63, 3.8) is 0 Å². The van der Waals surface area contributed by atoms with Crippen LogP contribution < -0.4 is 4.90 Å². The van der Waals surface area contributed by atoms with Crippen LogP contribution in [-0.2, 0) is 0 Å². The largest absolute Gasteiger partial charge is 0.369 e. The Kier molecular flexibility index (Phi) is 6.74. The van der Waals surface area contributed by atoms with Gasteiger partial charge in [0, 0.05) is 37.4 Å². The van der Waals surface area contributed by atoms with Crippen molar-refractivity contribution in [1.82, 2.24) is 4.90 Å². The van der Waals surface area contributed by atoms with Crippen molar-refractivity contribution in [2.45, 2.75) is 39.0 Å². The number of unbranched alkanes of at least 4 members (excludes halogenated alkanes) is 4. The third-order valence-corrected chi connectivity index (χ3v) is 4.34. The Labute approximate surface area is 128 Å². The molecule has 1 aromatic carbocycles. The summed E-state index contributed by atoms with van der Waals surface area (Å²) >= 11 is 0. The molecule has 0 N–H and O–H groups in total. The van der Waals surface area contributed by atoms with E-state index in [-0.39, 0.29) is 0 Å². The smallest absolute Gasteiger partial charge is 0.150 e. The minimum Gasteiger partial charge on any atom is -0.369 e. The highest BCUT2D eigenvalue weighted by Crippen LogP contribution is 2.17. The van der Waals surface area contributed by atoms with Crippen LogP contribution in [0.5, 0.6) is 0 Å². The Morgan fingerprint density at radius 2 is 1.62 bits per heavy atom. The number of anilines is 1. The fourth-order valence-electron chi connectivity index (χ4n) is 2.93. The van der Waals surface area contributed by atoms with Gasteiger partial charge in [-0.1, -0.05) is 32.6 Å². The summed E-state index contributed by atoms with van der Waals surface area (Å²) in [6.07, 6.45) is 7.71. The summed E-state index contributed by atoms with van der Waals surface area (Å²) in [5.41, 5.74) is 1.99. The van der Waals surface area contributed by atoms with E-state index in [0.29, 0.717) is 0 Å². The van der Waals surface area contributed by atoms with E-state index in [1.165, 1.54) is 44.3 Å². The summed E-state index contributed by atoms with van der Waals surface area (Å²) < 4.78 is 0. The molecule has 2 rings (SSSR count). The van der Waals surface area contributed by atoms with Crippen molar-refractivity contribution >= 4 is 12.0 Å². The molecule has 0 atom stereocenters. The summed E-state index contributed by atoms with van der Waals surface area (Å²) in [6, 6.07) is 7.93. The zero-order chi connectivity index (χ0) is 14.9. The van der Waals surface area contributed by atoms with Crippen molar-refractivity contribution in [2.75, 3.05) is 37.6 Å². The number of hydrogen-bond acceptors (Lipinski definition) is 3. The Morgan fingerprint density at radius 3 is 2.24 bits per heavy atom. The van der Waals surface area contributed by atoms with E-state index >= 15 is 0 Å². The van der Waals surface area contributed by atoms with Gasteiger partial charge in [0.05, 0.1) is 0 Å². The first-order valence-corrected chi connectivity index (χ1v) is 8.36. The van der Waals surface area contributed by atoms with Gasteiger partial charge in [0.2, 0.25) is 0 Å². The molecule has 21 heavy (non-hydrogen) atoms. The second-order valence-electron chi connectivity index (χ2n) is 5.95. The highest BCUT2D eigenvalue weighted by atomic mass is 16.1. The number of benzene rings is 1. The first-order chi connectivity index (χ1) is 10.3. The van der Waals surface area contributed by atoms with Crippen molar-refractivity contribution in [3.8, 4) is 0 Å². The third kappa shape index (κ3) is 5.16. The van der Waals surface area contributed by atoms with Gasteiger partial charge >= 0.3 is 0 Å². The fraction of sp³-hybridized carbons (Fsp3) is 0.611. The molecule has 0 bridgehead atoms. The lowest BCUT2D eigenvalue weighted by atomic mass is 10.1. The van der Waals surface area contributed by atoms with Crippen LogP contribution in [0.3, 0.4) is 0 Å². The molecule has 1 aliphatic rings. The average Bonchev–Trinajstić information content (AvgIpc) is 2.55. The monoisotopic (exact) mass is 288 g/mol. The van der Waals surface area contributed by atoms with Crippen LogP contribution in [0.1, 0.15) is 49.4 Å². The molecule has 0 aromatic heterocycles. The van der Waals surface area contributed by atoms with E-state index in [2.05, 4.69) is 28.9 Å². The molecule has 3 heteroatoms. The van der Waals surface area contributed by atoms with E-state index < -0.39 is 0 Å². The summed E-state index contributed by atoms with van der Waals surface area (Å²) in [4.78, 5) is 15.7. The van der Waals surface area contributed by atoms with E-state index in [0.717, 1.165) is 38.0 Å². The molecule has 116 valence electrons. The quantitative estimate of drug-likeness (QED) is 0.539. The van der Waals surface area contributed by atoms with Gasteiger partial charge in [0.1, 0.15) is 6.29 Å². The maximum absolute atomic E-state index is 10.7. The first kappa shape index (κ1) is 16.0. The van der Waals surface area contributed by atoms with E-state index in [1.807, 2.05) is 12.1 Å². The lowest BCUT2D eigenvalue weighted by Gasteiger charge is -2.36. The molecule has 1 heterocycles. The zero-order valence-corrected chi connectivity index (χ0v) is 13.3. The predicted molar refractivity (Wildman–Crippen MR) is 89.2 cm³/mol. The topological polar surface area (TPSA) is 23.6 Å². The summed E-state index contributed by atoms with van der Waals surface area (Å²) in [6.45, 7) is 8.01. The van der Waals surface area contributed by atoms with Crippen molar-refractivity contribution in [2.24, 2.45) is 0 Å². The normalized spacial score (nSPS) is 16.1. The molecule has 1 aromatic rings. The maximum atomic E-state index is 10.7.